The smallest absolute Gasteiger partial charge is 0.0831 e. The average molecular weight is 380 g/mol. The number of para-hydroxylation sites is 1. The molecule has 1 aliphatic rings. The molecule has 0 spiro atoms. The van der Waals surface area contributed by atoms with Crippen LogP contribution in [0.3, 0.4) is 0 Å². The monoisotopic (exact) mass is 378 g/mol. The van der Waals surface area contributed by atoms with E-state index in [2.05, 4.69) is 55.1 Å². The van der Waals surface area contributed by atoms with Crippen LogP contribution in [0.15, 0.2) is 53.2 Å². The first-order valence-corrected chi connectivity index (χ1v) is 8.68. The molecule has 24 heavy (non-hydrogen) atoms. The number of rotatable bonds is 2. The SMILES string of the molecule is CN1/C(=C\C=Nc2cc(Cl)c(Cl)cc2Cl)C(C)(C)c2ccccc21. The summed E-state index contributed by atoms with van der Waals surface area (Å²) in [5.41, 5.74) is 4.20. The molecule has 0 amide bonds. The molecule has 0 fully saturated rings. The van der Waals surface area contributed by atoms with Gasteiger partial charge in [0.05, 0.1) is 20.8 Å². The number of benzene rings is 2. The minimum atomic E-state index is -0.0845. The van der Waals surface area contributed by atoms with Gasteiger partial charge in [0.25, 0.3) is 0 Å². The lowest BCUT2D eigenvalue weighted by Crippen LogP contribution is -2.23. The maximum absolute atomic E-state index is 6.17. The van der Waals surface area contributed by atoms with Crippen molar-refractivity contribution in [1.82, 2.24) is 0 Å². The molecule has 2 nitrogen and oxygen atoms in total. The maximum Gasteiger partial charge on any atom is 0.0831 e. The second-order valence-electron chi connectivity index (χ2n) is 6.25. The van der Waals surface area contributed by atoms with E-state index in [0.29, 0.717) is 20.8 Å². The summed E-state index contributed by atoms with van der Waals surface area (Å²) in [6, 6.07) is 11.7. The Kier molecular flexibility index (Phi) is 4.65. The summed E-state index contributed by atoms with van der Waals surface area (Å²) in [6.07, 6.45) is 3.77. The molecule has 2 aromatic rings. The molecule has 5 heteroatoms. The number of nitrogens with zero attached hydrogens (tertiary/aromatic N) is 2. The summed E-state index contributed by atoms with van der Waals surface area (Å²) in [5.74, 6) is 0. The number of hydrogen-bond donors (Lipinski definition) is 0. The Morgan fingerprint density at radius 1 is 1.00 bits per heavy atom. The van der Waals surface area contributed by atoms with Crippen molar-refractivity contribution < 1.29 is 0 Å². The van der Waals surface area contributed by atoms with Crippen LogP contribution >= 0.6 is 34.8 Å². The van der Waals surface area contributed by atoms with Crippen molar-refractivity contribution in [2.24, 2.45) is 4.99 Å². The zero-order chi connectivity index (χ0) is 17.5. The minimum Gasteiger partial charge on any atom is -0.347 e. The Morgan fingerprint density at radius 2 is 1.67 bits per heavy atom. The highest BCUT2D eigenvalue weighted by Crippen LogP contribution is 2.46. The van der Waals surface area contributed by atoms with E-state index in [0.717, 1.165) is 0 Å². The largest absolute Gasteiger partial charge is 0.347 e. The summed E-state index contributed by atoms with van der Waals surface area (Å²) < 4.78 is 0. The van der Waals surface area contributed by atoms with E-state index < -0.39 is 0 Å². The molecule has 0 saturated heterocycles. The van der Waals surface area contributed by atoms with Gasteiger partial charge in [-0.2, -0.15) is 0 Å². The topological polar surface area (TPSA) is 15.6 Å². The van der Waals surface area contributed by atoms with Crippen molar-refractivity contribution in [3.05, 3.63) is 68.8 Å². The second kappa shape index (κ2) is 6.44. The third kappa shape index (κ3) is 2.95. The van der Waals surface area contributed by atoms with Crippen molar-refractivity contribution >= 4 is 52.4 Å². The number of aliphatic imine (C=N–C) groups is 1. The van der Waals surface area contributed by atoms with Crippen LogP contribution in [0.4, 0.5) is 11.4 Å². The summed E-state index contributed by atoms with van der Waals surface area (Å²) in [5, 5.41) is 1.33. The summed E-state index contributed by atoms with van der Waals surface area (Å²) in [7, 11) is 2.07. The van der Waals surface area contributed by atoms with Crippen molar-refractivity contribution in [3.8, 4) is 0 Å². The molecule has 1 aliphatic heterocycles. The number of fused-ring (bicyclic) bond motifs is 1. The highest BCUT2D eigenvalue weighted by Gasteiger charge is 2.37. The van der Waals surface area contributed by atoms with E-state index in [1.807, 2.05) is 6.08 Å². The first-order chi connectivity index (χ1) is 11.3. The van der Waals surface area contributed by atoms with Gasteiger partial charge in [-0.3, -0.25) is 4.99 Å². The maximum atomic E-state index is 6.17. The van der Waals surface area contributed by atoms with E-state index in [1.54, 1.807) is 18.3 Å². The molecule has 3 rings (SSSR count). The zero-order valence-corrected chi connectivity index (χ0v) is 15.9. The lowest BCUT2D eigenvalue weighted by Gasteiger charge is -2.23. The standard InChI is InChI=1S/C19H17Cl3N2/c1-19(2)12-6-4-5-7-17(12)24(3)18(19)8-9-23-16-11-14(21)13(20)10-15(16)22/h4-11H,1-3H3/b18-8-,23-9?. The molecule has 0 radical (unpaired) electrons. The molecular weight excluding hydrogens is 363 g/mol. The fourth-order valence-corrected chi connectivity index (χ4v) is 3.69. The van der Waals surface area contributed by atoms with Crippen LogP contribution in [-0.2, 0) is 5.41 Å². The number of anilines is 1. The first-order valence-electron chi connectivity index (χ1n) is 7.55. The van der Waals surface area contributed by atoms with E-state index in [4.69, 9.17) is 34.8 Å². The van der Waals surface area contributed by atoms with Gasteiger partial charge in [0, 0.05) is 30.1 Å². The van der Waals surface area contributed by atoms with Gasteiger partial charge >= 0.3 is 0 Å². The molecule has 0 saturated carbocycles. The average Bonchev–Trinajstić information content (AvgIpc) is 2.73. The van der Waals surface area contributed by atoms with Gasteiger partial charge in [-0.05, 0) is 29.8 Å². The number of allylic oxidation sites excluding steroid dienone is 2. The Balaban J connectivity index is 1.95. The number of hydrogen-bond acceptors (Lipinski definition) is 2. The number of likely N-dealkylation sites (N-methyl/N-ethyl adjacent to an activating group) is 1. The van der Waals surface area contributed by atoms with Crippen molar-refractivity contribution in [1.29, 1.82) is 0 Å². The van der Waals surface area contributed by atoms with Gasteiger partial charge in [0.2, 0.25) is 0 Å². The zero-order valence-electron chi connectivity index (χ0n) is 13.6. The van der Waals surface area contributed by atoms with Crippen molar-refractivity contribution in [2.45, 2.75) is 19.3 Å². The fraction of sp³-hybridized carbons (Fsp3) is 0.211. The highest BCUT2D eigenvalue weighted by atomic mass is 35.5. The first kappa shape index (κ1) is 17.3. The van der Waals surface area contributed by atoms with E-state index >= 15 is 0 Å². The van der Waals surface area contributed by atoms with Crippen LogP contribution in [0.5, 0.6) is 0 Å². The molecule has 0 N–H and O–H groups in total. The van der Waals surface area contributed by atoms with Gasteiger partial charge < -0.3 is 4.90 Å². The lowest BCUT2D eigenvalue weighted by molar-refractivity contribution is 0.641. The molecule has 2 aromatic carbocycles. The molecule has 0 bridgehead atoms. The molecule has 124 valence electrons. The van der Waals surface area contributed by atoms with Gasteiger partial charge in [0.1, 0.15) is 0 Å². The summed E-state index contributed by atoms with van der Waals surface area (Å²) >= 11 is 18.1. The van der Waals surface area contributed by atoms with Gasteiger partial charge in [0.15, 0.2) is 0 Å². The van der Waals surface area contributed by atoms with Crippen molar-refractivity contribution in [2.75, 3.05) is 11.9 Å². The van der Waals surface area contributed by atoms with E-state index in [1.165, 1.54) is 16.9 Å². The van der Waals surface area contributed by atoms with E-state index in [9.17, 15) is 0 Å². The molecular formula is C19H17Cl3N2. The Labute approximate surface area is 157 Å². The molecule has 1 heterocycles. The normalized spacial score (nSPS) is 17.8. The predicted molar refractivity (Wildman–Crippen MR) is 106 cm³/mol. The second-order valence-corrected chi connectivity index (χ2v) is 7.47. The third-order valence-electron chi connectivity index (χ3n) is 4.38. The Morgan fingerprint density at radius 3 is 2.38 bits per heavy atom. The van der Waals surface area contributed by atoms with Crippen LogP contribution in [0.1, 0.15) is 19.4 Å². The van der Waals surface area contributed by atoms with Gasteiger partial charge in [-0.25, -0.2) is 0 Å². The van der Waals surface area contributed by atoms with Crippen LogP contribution < -0.4 is 4.90 Å². The molecule has 0 atom stereocenters. The fourth-order valence-electron chi connectivity index (χ4n) is 3.10. The molecule has 0 aromatic heterocycles. The summed E-state index contributed by atoms with van der Waals surface area (Å²) in [4.78, 5) is 6.62. The van der Waals surface area contributed by atoms with Crippen LogP contribution in [-0.4, -0.2) is 13.3 Å². The molecule has 0 aliphatic carbocycles. The van der Waals surface area contributed by atoms with Crippen LogP contribution in [0.25, 0.3) is 0 Å². The quantitative estimate of drug-likeness (QED) is 0.420. The third-order valence-corrected chi connectivity index (χ3v) is 5.40. The van der Waals surface area contributed by atoms with Gasteiger partial charge in [-0.1, -0.05) is 66.8 Å². The van der Waals surface area contributed by atoms with Crippen LogP contribution in [0, 0.1) is 0 Å². The predicted octanol–water partition coefficient (Wildman–Crippen LogP) is 6.66. The summed E-state index contributed by atoms with van der Waals surface area (Å²) in [6.45, 7) is 4.42. The Hall–Kier alpha value is -1.48. The minimum absolute atomic E-state index is 0.0845. The van der Waals surface area contributed by atoms with Gasteiger partial charge in [-0.15, -0.1) is 0 Å². The Bertz CT molecular complexity index is 854. The van der Waals surface area contributed by atoms with E-state index in [-0.39, 0.29) is 5.41 Å². The molecule has 0 unspecified atom stereocenters. The van der Waals surface area contributed by atoms with Crippen molar-refractivity contribution in [3.63, 3.8) is 0 Å². The highest BCUT2D eigenvalue weighted by molar-refractivity contribution is 6.43. The lowest BCUT2D eigenvalue weighted by atomic mass is 9.84. The number of halogens is 3. The van der Waals surface area contributed by atoms with Crippen LogP contribution in [0.2, 0.25) is 15.1 Å².